The van der Waals surface area contributed by atoms with Crippen LogP contribution in [0.3, 0.4) is 0 Å². The number of carbonyl (C=O) groups is 1. The molecule has 8 heteroatoms. The van der Waals surface area contributed by atoms with Crippen LogP contribution in [0.2, 0.25) is 25.7 Å². The molecule has 1 N–H and O–H groups in total. The van der Waals surface area contributed by atoms with Crippen molar-refractivity contribution in [3.8, 4) is 11.5 Å². The number of carbonyl (C=O) groups excluding carboxylic acids is 1. The standard InChI is InChI=1S/C26H37N5O2Si/c1-16-20-13-19-23(14-26(16,20)3)31(15-33-10-11-34(5,6)7)29-24(19)25-27-21-9-8-18(12-22(21)28-25)30(4)17(2)32/h8-9,12,16,20H,10-11,13-15H2,1-7H3,(H,27,28)/t16-,20+,26-/m0/s1. The molecule has 0 radical (unpaired) electrons. The number of aromatic amines is 1. The highest BCUT2D eigenvalue weighted by atomic mass is 28.3. The van der Waals surface area contributed by atoms with E-state index in [1.54, 1.807) is 18.9 Å². The molecular formula is C26H37N5O2Si. The Morgan fingerprint density at radius 3 is 2.82 bits per heavy atom. The molecule has 0 unspecified atom stereocenters. The molecule has 2 aliphatic rings. The van der Waals surface area contributed by atoms with Crippen molar-refractivity contribution in [2.45, 2.75) is 66.0 Å². The van der Waals surface area contributed by atoms with E-state index in [9.17, 15) is 4.79 Å². The minimum Gasteiger partial charge on any atom is -0.360 e. The first-order valence-corrected chi connectivity index (χ1v) is 16.1. The zero-order chi connectivity index (χ0) is 24.4. The number of nitrogens with zero attached hydrogens (tertiary/aromatic N) is 4. The van der Waals surface area contributed by atoms with Crippen LogP contribution in [0, 0.1) is 17.3 Å². The van der Waals surface area contributed by atoms with Gasteiger partial charge in [-0.3, -0.25) is 4.79 Å². The topological polar surface area (TPSA) is 76.0 Å². The first kappa shape index (κ1) is 23.3. The summed E-state index contributed by atoms with van der Waals surface area (Å²) in [6.45, 7) is 14.8. The van der Waals surface area contributed by atoms with Crippen molar-refractivity contribution < 1.29 is 9.53 Å². The number of ether oxygens (including phenoxy) is 1. The fourth-order valence-corrected chi connectivity index (χ4v) is 6.22. The van der Waals surface area contributed by atoms with Gasteiger partial charge in [0.15, 0.2) is 5.82 Å². The van der Waals surface area contributed by atoms with Crippen LogP contribution in [0.4, 0.5) is 5.69 Å². The van der Waals surface area contributed by atoms with Gasteiger partial charge >= 0.3 is 0 Å². The first-order valence-electron chi connectivity index (χ1n) is 12.4. The van der Waals surface area contributed by atoms with Crippen LogP contribution in [-0.4, -0.2) is 47.4 Å². The molecule has 34 heavy (non-hydrogen) atoms. The average molecular weight is 480 g/mol. The molecule has 1 saturated carbocycles. The summed E-state index contributed by atoms with van der Waals surface area (Å²) in [5, 5.41) is 5.03. The number of H-pyrrole nitrogens is 1. The van der Waals surface area contributed by atoms with Crippen molar-refractivity contribution in [1.29, 1.82) is 0 Å². The number of aromatic nitrogens is 4. The van der Waals surface area contributed by atoms with Gasteiger partial charge in [-0.05, 0) is 54.3 Å². The van der Waals surface area contributed by atoms with Crippen LogP contribution in [0.5, 0.6) is 0 Å². The van der Waals surface area contributed by atoms with Crippen LogP contribution in [-0.2, 0) is 29.1 Å². The molecule has 0 bridgehead atoms. The quantitative estimate of drug-likeness (QED) is 0.378. The number of imidazole rings is 1. The Morgan fingerprint density at radius 1 is 1.35 bits per heavy atom. The van der Waals surface area contributed by atoms with Gasteiger partial charge in [0, 0.05) is 45.6 Å². The van der Waals surface area contributed by atoms with E-state index < -0.39 is 8.07 Å². The number of rotatable bonds is 7. The zero-order valence-corrected chi connectivity index (χ0v) is 22.5. The lowest BCUT2D eigenvalue weighted by Crippen LogP contribution is -2.23. The molecule has 2 heterocycles. The second kappa shape index (κ2) is 8.05. The highest BCUT2D eigenvalue weighted by molar-refractivity contribution is 6.76. The number of amides is 1. The van der Waals surface area contributed by atoms with Crippen LogP contribution in [0.15, 0.2) is 18.2 Å². The molecule has 0 aliphatic heterocycles. The second-order valence-corrected chi connectivity index (χ2v) is 17.4. The van der Waals surface area contributed by atoms with E-state index in [-0.39, 0.29) is 5.91 Å². The maximum absolute atomic E-state index is 11.8. The largest absolute Gasteiger partial charge is 0.360 e. The van der Waals surface area contributed by atoms with E-state index in [1.807, 2.05) is 18.2 Å². The third-order valence-electron chi connectivity index (χ3n) is 8.28. The van der Waals surface area contributed by atoms with Crippen molar-refractivity contribution in [2.24, 2.45) is 17.3 Å². The molecule has 7 nitrogen and oxygen atoms in total. The lowest BCUT2D eigenvalue weighted by Gasteiger charge is -2.20. The summed E-state index contributed by atoms with van der Waals surface area (Å²) in [5.41, 5.74) is 6.59. The Kier molecular flexibility index (Phi) is 5.52. The van der Waals surface area contributed by atoms with Gasteiger partial charge in [-0.25, -0.2) is 9.67 Å². The normalized spacial score (nSPS) is 23.6. The van der Waals surface area contributed by atoms with E-state index in [4.69, 9.17) is 14.8 Å². The van der Waals surface area contributed by atoms with Gasteiger partial charge in [0.2, 0.25) is 5.91 Å². The third-order valence-corrected chi connectivity index (χ3v) is 9.98. The first-order chi connectivity index (χ1) is 16.0. The van der Waals surface area contributed by atoms with E-state index in [0.717, 1.165) is 59.6 Å². The van der Waals surface area contributed by atoms with Crippen LogP contribution >= 0.6 is 0 Å². The highest BCUT2D eigenvalue weighted by Gasteiger charge is 2.60. The maximum atomic E-state index is 11.8. The number of hydrogen-bond donors (Lipinski definition) is 1. The van der Waals surface area contributed by atoms with Gasteiger partial charge in [0.25, 0.3) is 0 Å². The highest BCUT2D eigenvalue weighted by Crippen LogP contribution is 2.64. The lowest BCUT2D eigenvalue weighted by molar-refractivity contribution is -0.116. The molecule has 1 fully saturated rings. The van der Waals surface area contributed by atoms with Gasteiger partial charge in [-0.1, -0.05) is 33.5 Å². The molecule has 3 aromatic rings. The van der Waals surface area contributed by atoms with Crippen LogP contribution in [0.25, 0.3) is 22.6 Å². The van der Waals surface area contributed by atoms with Gasteiger partial charge in [-0.2, -0.15) is 5.10 Å². The van der Waals surface area contributed by atoms with Gasteiger partial charge in [0.1, 0.15) is 12.4 Å². The summed E-state index contributed by atoms with van der Waals surface area (Å²) < 4.78 is 8.20. The van der Waals surface area contributed by atoms with Crippen LogP contribution < -0.4 is 4.90 Å². The Hall–Kier alpha value is -2.45. The van der Waals surface area contributed by atoms with Crippen molar-refractivity contribution in [3.63, 3.8) is 0 Å². The molecule has 0 spiro atoms. The maximum Gasteiger partial charge on any atom is 0.223 e. The summed E-state index contributed by atoms with van der Waals surface area (Å²) in [6.07, 6.45) is 2.10. The minimum absolute atomic E-state index is 0.00244. The Labute approximate surface area is 202 Å². The van der Waals surface area contributed by atoms with Crippen LogP contribution in [0.1, 0.15) is 32.0 Å². The molecule has 182 valence electrons. The van der Waals surface area contributed by atoms with E-state index in [0.29, 0.717) is 18.1 Å². The van der Waals surface area contributed by atoms with Gasteiger partial charge < -0.3 is 14.6 Å². The second-order valence-electron chi connectivity index (χ2n) is 11.8. The molecular weight excluding hydrogens is 442 g/mol. The molecule has 1 aromatic carbocycles. The molecule has 2 aromatic heterocycles. The SMILES string of the molecule is CC(=O)N(C)c1ccc2nc(-c3nn(COCC[Si](C)(C)C)c4c3C[C@@H]3[C@H](C)[C@]3(C)C4)[nH]c2c1. The molecule has 0 saturated heterocycles. The minimum atomic E-state index is -1.13. The lowest BCUT2D eigenvalue weighted by atomic mass is 9.87. The van der Waals surface area contributed by atoms with Gasteiger partial charge in [-0.15, -0.1) is 0 Å². The molecule has 2 aliphatic carbocycles. The number of anilines is 1. The van der Waals surface area contributed by atoms with Crippen molar-refractivity contribution in [2.75, 3.05) is 18.6 Å². The smallest absolute Gasteiger partial charge is 0.223 e. The average Bonchev–Trinajstić information content (AvgIpc) is 3.10. The summed E-state index contributed by atoms with van der Waals surface area (Å²) >= 11 is 0. The summed E-state index contributed by atoms with van der Waals surface area (Å²) in [4.78, 5) is 21.8. The van der Waals surface area contributed by atoms with Crippen molar-refractivity contribution in [3.05, 3.63) is 29.5 Å². The number of fused-ring (bicyclic) bond motifs is 3. The van der Waals surface area contributed by atoms with Crippen molar-refractivity contribution in [1.82, 2.24) is 19.7 Å². The number of nitrogens with one attached hydrogen (secondary N) is 1. The van der Waals surface area contributed by atoms with Crippen molar-refractivity contribution >= 4 is 30.7 Å². The molecule has 3 atom stereocenters. The number of benzene rings is 1. The van der Waals surface area contributed by atoms with Gasteiger partial charge in [0.05, 0.1) is 11.0 Å². The Bertz CT molecular complexity index is 1260. The summed E-state index contributed by atoms with van der Waals surface area (Å²) in [6, 6.07) is 7.04. The monoisotopic (exact) mass is 479 g/mol. The fraction of sp³-hybridized carbons (Fsp3) is 0.577. The van der Waals surface area contributed by atoms with E-state index in [2.05, 4.69) is 43.2 Å². The van der Waals surface area contributed by atoms with E-state index >= 15 is 0 Å². The third kappa shape index (κ3) is 4.00. The predicted molar refractivity (Wildman–Crippen MR) is 139 cm³/mol. The fourth-order valence-electron chi connectivity index (χ4n) is 5.47. The summed E-state index contributed by atoms with van der Waals surface area (Å²) in [7, 11) is 0.656. The Morgan fingerprint density at radius 2 is 2.12 bits per heavy atom. The Balaban J connectivity index is 1.48. The zero-order valence-electron chi connectivity index (χ0n) is 21.5. The van der Waals surface area contributed by atoms with E-state index in [1.165, 1.54) is 11.3 Å². The number of hydrogen-bond acceptors (Lipinski definition) is 4. The molecule has 5 rings (SSSR count). The predicted octanol–water partition coefficient (Wildman–Crippen LogP) is 5.09. The summed E-state index contributed by atoms with van der Waals surface area (Å²) in [5.74, 6) is 2.24. The molecule has 1 amide bonds.